The predicted octanol–water partition coefficient (Wildman–Crippen LogP) is 0.548. The van der Waals surface area contributed by atoms with Gasteiger partial charge >= 0.3 is 0 Å². The monoisotopic (exact) mass is 226 g/mol. The van der Waals surface area contributed by atoms with Crippen LogP contribution in [0.1, 0.15) is 44.9 Å². The lowest BCUT2D eigenvalue weighted by Crippen LogP contribution is -2.50. The maximum Gasteiger partial charge on any atom is 0.237 e. The Bertz CT molecular complexity index is 239. The molecule has 2 rings (SSSR count). The lowest BCUT2D eigenvalue weighted by Gasteiger charge is -2.29. The molecule has 92 valence electrons. The molecule has 16 heavy (non-hydrogen) atoms. The summed E-state index contributed by atoms with van der Waals surface area (Å²) in [4.78, 5) is 11.9. The molecule has 1 aliphatic heterocycles. The van der Waals surface area contributed by atoms with E-state index in [0.717, 1.165) is 45.1 Å². The lowest BCUT2D eigenvalue weighted by molar-refractivity contribution is -0.124. The summed E-state index contributed by atoms with van der Waals surface area (Å²) in [5.41, 5.74) is 0. The highest BCUT2D eigenvalue weighted by Gasteiger charge is 2.25. The van der Waals surface area contributed by atoms with Gasteiger partial charge in [0, 0.05) is 6.04 Å². The molecule has 0 spiro atoms. The maximum atomic E-state index is 11.9. The first-order valence-electron chi connectivity index (χ1n) is 6.47. The van der Waals surface area contributed by atoms with Crippen molar-refractivity contribution in [3.63, 3.8) is 0 Å². The normalized spacial score (nSPS) is 35.7. The Labute approximate surface area is 96.8 Å². The first-order valence-corrected chi connectivity index (χ1v) is 6.47. The molecule has 4 nitrogen and oxygen atoms in total. The zero-order valence-electron chi connectivity index (χ0n) is 9.74. The highest BCUT2D eigenvalue weighted by atomic mass is 16.3. The average Bonchev–Trinajstić information content (AvgIpc) is 2.30. The second kappa shape index (κ2) is 5.64. The highest BCUT2D eigenvalue weighted by Crippen LogP contribution is 2.18. The SMILES string of the molecule is O=C(N[C@@H]1CCC[C@H](O)C1)[C@@H]1CCCCN1. The third kappa shape index (κ3) is 3.19. The molecule has 1 saturated carbocycles. The Kier molecular flexibility index (Phi) is 4.18. The van der Waals surface area contributed by atoms with E-state index in [1.807, 2.05) is 0 Å². The van der Waals surface area contributed by atoms with Gasteiger partial charge in [0.15, 0.2) is 0 Å². The van der Waals surface area contributed by atoms with Crippen molar-refractivity contribution in [1.82, 2.24) is 10.6 Å². The molecule has 0 aromatic carbocycles. The minimum atomic E-state index is -0.224. The Morgan fingerprint density at radius 1 is 1.19 bits per heavy atom. The van der Waals surface area contributed by atoms with Crippen LogP contribution in [0.5, 0.6) is 0 Å². The van der Waals surface area contributed by atoms with Crippen molar-refractivity contribution in [2.45, 2.75) is 63.1 Å². The fourth-order valence-electron chi connectivity index (χ4n) is 2.67. The first-order chi connectivity index (χ1) is 7.75. The summed E-state index contributed by atoms with van der Waals surface area (Å²) in [5, 5.41) is 15.8. The van der Waals surface area contributed by atoms with E-state index in [1.54, 1.807) is 0 Å². The zero-order valence-corrected chi connectivity index (χ0v) is 9.74. The molecule has 0 unspecified atom stereocenters. The standard InChI is InChI=1S/C12H22N2O2/c15-10-5-3-4-9(8-10)14-12(16)11-6-1-2-7-13-11/h9-11,13,15H,1-8H2,(H,14,16)/t9-,10+,11+/m1/s1. The van der Waals surface area contributed by atoms with Crippen LogP contribution < -0.4 is 10.6 Å². The van der Waals surface area contributed by atoms with E-state index in [1.165, 1.54) is 6.42 Å². The predicted molar refractivity (Wildman–Crippen MR) is 62.0 cm³/mol. The van der Waals surface area contributed by atoms with Crippen molar-refractivity contribution in [2.24, 2.45) is 0 Å². The molecule has 2 fully saturated rings. The first kappa shape index (κ1) is 11.9. The summed E-state index contributed by atoms with van der Waals surface area (Å²) in [7, 11) is 0. The van der Waals surface area contributed by atoms with E-state index in [0.29, 0.717) is 0 Å². The lowest BCUT2D eigenvalue weighted by atomic mass is 9.92. The number of rotatable bonds is 2. The van der Waals surface area contributed by atoms with Gasteiger partial charge in [0.25, 0.3) is 0 Å². The van der Waals surface area contributed by atoms with E-state index in [9.17, 15) is 9.90 Å². The molecule has 1 aliphatic carbocycles. The van der Waals surface area contributed by atoms with Gasteiger partial charge in [-0.15, -0.1) is 0 Å². The van der Waals surface area contributed by atoms with Crippen molar-refractivity contribution in [2.75, 3.05) is 6.54 Å². The van der Waals surface area contributed by atoms with Crippen LogP contribution in [0.3, 0.4) is 0 Å². The van der Waals surface area contributed by atoms with Crippen LogP contribution in [0.2, 0.25) is 0 Å². The second-order valence-corrected chi connectivity index (χ2v) is 5.03. The van der Waals surface area contributed by atoms with Crippen LogP contribution in [0.25, 0.3) is 0 Å². The minimum absolute atomic E-state index is 0.00665. The molecule has 0 radical (unpaired) electrons. The number of hydrogen-bond donors (Lipinski definition) is 3. The number of nitrogens with one attached hydrogen (secondary N) is 2. The van der Waals surface area contributed by atoms with Gasteiger partial charge in [-0.2, -0.15) is 0 Å². The van der Waals surface area contributed by atoms with Crippen molar-refractivity contribution in [3.8, 4) is 0 Å². The van der Waals surface area contributed by atoms with Crippen molar-refractivity contribution in [3.05, 3.63) is 0 Å². The number of hydrogen-bond acceptors (Lipinski definition) is 3. The molecule has 3 atom stereocenters. The van der Waals surface area contributed by atoms with E-state index in [2.05, 4.69) is 10.6 Å². The van der Waals surface area contributed by atoms with Gasteiger partial charge in [-0.05, 0) is 45.1 Å². The number of aliphatic hydroxyl groups excluding tert-OH is 1. The van der Waals surface area contributed by atoms with Crippen LogP contribution in [0.4, 0.5) is 0 Å². The van der Waals surface area contributed by atoms with Crippen molar-refractivity contribution in [1.29, 1.82) is 0 Å². The summed E-state index contributed by atoms with van der Waals surface area (Å²) in [5.74, 6) is 0.124. The van der Waals surface area contributed by atoms with Crippen LogP contribution in [0, 0.1) is 0 Å². The topological polar surface area (TPSA) is 61.4 Å². The van der Waals surface area contributed by atoms with E-state index >= 15 is 0 Å². The molecule has 0 bridgehead atoms. The number of carbonyl (C=O) groups excluding carboxylic acids is 1. The van der Waals surface area contributed by atoms with Gasteiger partial charge in [0.2, 0.25) is 5.91 Å². The third-order valence-corrected chi connectivity index (χ3v) is 3.62. The van der Waals surface area contributed by atoms with Gasteiger partial charge < -0.3 is 15.7 Å². The Balaban J connectivity index is 1.77. The quantitative estimate of drug-likeness (QED) is 0.644. The largest absolute Gasteiger partial charge is 0.393 e. The summed E-state index contributed by atoms with van der Waals surface area (Å²) in [6.07, 6.45) is 6.66. The van der Waals surface area contributed by atoms with E-state index in [4.69, 9.17) is 0 Å². The molecular weight excluding hydrogens is 204 g/mol. The number of aliphatic hydroxyl groups is 1. The summed E-state index contributed by atoms with van der Waals surface area (Å²) in [6.45, 7) is 0.950. The highest BCUT2D eigenvalue weighted by molar-refractivity contribution is 5.82. The van der Waals surface area contributed by atoms with Gasteiger partial charge in [-0.1, -0.05) is 6.42 Å². The number of carbonyl (C=O) groups is 1. The van der Waals surface area contributed by atoms with E-state index in [-0.39, 0.29) is 24.1 Å². The average molecular weight is 226 g/mol. The molecule has 1 heterocycles. The van der Waals surface area contributed by atoms with Crippen LogP contribution in [0.15, 0.2) is 0 Å². The van der Waals surface area contributed by atoms with Gasteiger partial charge in [0.05, 0.1) is 12.1 Å². The molecule has 1 saturated heterocycles. The number of piperidine rings is 1. The fourth-order valence-corrected chi connectivity index (χ4v) is 2.67. The molecule has 2 aliphatic rings. The van der Waals surface area contributed by atoms with Crippen LogP contribution in [-0.2, 0) is 4.79 Å². The fraction of sp³-hybridized carbons (Fsp3) is 0.917. The Morgan fingerprint density at radius 3 is 2.75 bits per heavy atom. The molecule has 4 heteroatoms. The second-order valence-electron chi connectivity index (χ2n) is 5.03. The molecule has 1 amide bonds. The summed E-state index contributed by atoms with van der Waals surface area (Å²) in [6, 6.07) is 0.174. The van der Waals surface area contributed by atoms with Gasteiger partial charge in [-0.25, -0.2) is 0 Å². The third-order valence-electron chi connectivity index (χ3n) is 3.62. The Morgan fingerprint density at radius 2 is 2.06 bits per heavy atom. The van der Waals surface area contributed by atoms with Gasteiger partial charge in [0.1, 0.15) is 0 Å². The summed E-state index contributed by atoms with van der Waals surface area (Å²) < 4.78 is 0. The van der Waals surface area contributed by atoms with Crippen molar-refractivity contribution < 1.29 is 9.90 Å². The zero-order chi connectivity index (χ0) is 11.4. The maximum absolute atomic E-state index is 11.9. The minimum Gasteiger partial charge on any atom is -0.393 e. The van der Waals surface area contributed by atoms with E-state index < -0.39 is 0 Å². The van der Waals surface area contributed by atoms with Gasteiger partial charge in [-0.3, -0.25) is 4.79 Å². The molecular formula is C12H22N2O2. The molecule has 0 aromatic heterocycles. The van der Waals surface area contributed by atoms with Crippen LogP contribution >= 0.6 is 0 Å². The van der Waals surface area contributed by atoms with Crippen molar-refractivity contribution >= 4 is 5.91 Å². The molecule has 0 aromatic rings. The Hall–Kier alpha value is -0.610. The number of amides is 1. The smallest absolute Gasteiger partial charge is 0.237 e. The van der Waals surface area contributed by atoms with Crippen LogP contribution in [-0.4, -0.2) is 35.7 Å². The molecule has 3 N–H and O–H groups in total. The summed E-state index contributed by atoms with van der Waals surface area (Å²) >= 11 is 0.